The Hall–Kier alpha value is -1.27. The van der Waals surface area contributed by atoms with E-state index in [2.05, 4.69) is 20.6 Å². The number of anilines is 1. The van der Waals surface area contributed by atoms with E-state index < -0.39 is 0 Å². The summed E-state index contributed by atoms with van der Waals surface area (Å²) in [6.07, 6.45) is 0. The lowest BCUT2D eigenvalue weighted by Gasteiger charge is -2.06. The Bertz CT molecular complexity index is 477. The maximum Gasteiger partial charge on any atom is 0.257 e. The molecule has 0 aromatic carbocycles. The monoisotopic (exact) mass is 270 g/mol. The summed E-state index contributed by atoms with van der Waals surface area (Å²) < 4.78 is 0. The largest absolute Gasteiger partial charge is 0.373 e. The van der Waals surface area contributed by atoms with Crippen LogP contribution in [-0.2, 0) is 0 Å². The zero-order valence-electron chi connectivity index (χ0n) is 9.16. The SMILES string of the molecule is CNc1cc(C(=O)NC2=NCCS2)cc(Cl)n1. The van der Waals surface area contributed by atoms with Crippen molar-refractivity contribution >= 4 is 40.3 Å². The molecule has 2 N–H and O–H groups in total. The van der Waals surface area contributed by atoms with Gasteiger partial charge in [-0.3, -0.25) is 9.79 Å². The van der Waals surface area contributed by atoms with Crippen molar-refractivity contribution in [2.24, 2.45) is 4.99 Å². The molecule has 7 heteroatoms. The van der Waals surface area contributed by atoms with Gasteiger partial charge in [-0.05, 0) is 12.1 Å². The smallest absolute Gasteiger partial charge is 0.257 e. The second kappa shape index (κ2) is 5.37. The van der Waals surface area contributed by atoms with Gasteiger partial charge in [-0.25, -0.2) is 4.98 Å². The maximum atomic E-state index is 11.9. The Balaban J connectivity index is 2.15. The second-order valence-corrected chi connectivity index (χ2v) is 4.77. The molecule has 0 fully saturated rings. The number of hydrogen-bond acceptors (Lipinski definition) is 5. The van der Waals surface area contributed by atoms with Crippen LogP contribution in [0.5, 0.6) is 0 Å². The van der Waals surface area contributed by atoms with E-state index >= 15 is 0 Å². The number of nitrogens with zero attached hydrogens (tertiary/aromatic N) is 2. The van der Waals surface area contributed by atoms with Crippen LogP contribution in [0.25, 0.3) is 0 Å². The summed E-state index contributed by atoms with van der Waals surface area (Å²) in [5.41, 5.74) is 0.463. The Labute approximate surface area is 108 Å². The molecule has 0 atom stereocenters. The Morgan fingerprint density at radius 2 is 2.35 bits per heavy atom. The van der Waals surface area contributed by atoms with Gasteiger partial charge in [0.2, 0.25) is 0 Å². The lowest BCUT2D eigenvalue weighted by atomic mass is 10.2. The quantitative estimate of drug-likeness (QED) is 0.802. The van der Waals surface area contributed by atoms with E-state index in [-0.39, 0.29) is 11.1 Å². The zero-order chi connectivity index (χ0) is 12.3. The third-order valence-corrected chi connectivity index (χ3v) is 3.20. The average Bonchev–Trinajstić information content (AvgIpc) is 2.81. The fourth-order valence-electron chi connectivity index (χ4n) is 1.34. The molecule has 0 radical (unpaired) electrons. The van der Waals surface area contributed by atoms with Crippen LogP contribution in [-0.4, -0.2) is 35.4 Å². The van der Waals surface area contributed by atoms with Crippen LogP contribution in [0.1, 0.15) is 10.4 Å². The molecule has 0 bridgehead atoms. The molecule has 0 spiro atoms. The predicted molar refractivity (Wildman–Crippen MR) is 71.0 cm³/mol. The van der Waals surface area contributed by atoms with Gasteiger partial charge in [0.1, 0.15) is 11.0 Å². The fourth-order valence-corrected chi connectivity index (χ4v) is 2.27. The summed E-state index contributed by atoms with van der Waals surface area (Å²) in [5.74, 6) is 1.25. The molecular weight excluding hydrogens is 260 g/mol. The molecule has 90 valence electrons. The number of pyridine rings is 1. The minimum Gasteiger partial charge on any atom is -0.373 e. The first-order valence-corrected chi connectivity index (χ1v) is 6.39. The maximum absolute atomic E-state index is 11.9. The molecule has 2 rings (SSSR count). The van der Waals surface area contributed by atoms with Gasteiger partial charge in [0, 0.05) is 18.4 Å². The number of aromatic nitrogens is 1. The van der Waals surface area contributed by atoms with Crippen LogP contribution in [0.4, 0.5) is 5.82 Å². The van der Waals surface area contributed by atoms with Gasteiger partial charge in [0.25, 0.3) is 5.91 Å². The summed E-state index contributed by atoms with van der Waals surface area (Å²) in [5, 5.41) is 6.52. The van der Waals surface area contributed by atoms with Crippen molar-refractivity contribution in [2.45, 2.75) is 0 Å². The van der Waals surface area contributed by atoms with Crippen molar-refractivity contribution in [1.29, 1.82) is 0 Å². The van der Waals surface area contributed by atoms with E-state index in [1.165, 1.54) is 17.8 Å². The summed E-state index contributed by atoms with van der Waals surface area (Å²) in [6, 6.07) is 3.17. The van der Waals surface area contributed by atoms with Crippen molar-refractivity contribution in [1.82, 2.24) is 10.3 Å². The molecule has 17 heavy (non-hydrogen) atoms. The number of aliphatic imine (C=N–C) groups is 1. The van der Waals surface area contributed by atoms with Crippen molar-refractivity contribution in [3.05, 3.63) is 22.8 Å². The van der Waals surface area contributed by atoms with Crippen LogP contribution in [0.3, 0.4) is 0 Å². The van der Waals surface area contributed by atoms with Crippen LogP contribution in [0, 0.1) is 0 Å². The molecule has 1 aromatic rings. The highest BCUT2D eigenvalue weighted by Crippen LogP contribution is 2.15. The first-order chi connectivity index (χ1) is 8.19. The van der Waals surface area contributed by atoms with Crippen molar-refractivity contribution in [3.63, 3.8) is 0 Å². The standard InChI is InChI=1S/C10H11ClN4OS/c1-12-8-5-6(4-7(11)14-8)9(16)15-10-13-2-3-17-10/h4-5H,2-3H2,1H3,(H,12,14)(H,13,15,16). The second-order valence-electron chi connectivity index (χ2n) is 3.30. The highest BCUT2D eigenvalue weighted by molar-refractivity contribution is 8.14. The third kappa shape index (κ3) is 3.10. The fraction of sp³-hybridized carbons (Fsp3) is 0.300. The van der Waals surface area contributed by atoms with E-state index in [9.17, 15) is 4.79 Å². The zero-order valence-corrected chi connectivity index (χ0v) is 10.7. The van der Waals surface area contributed by atoms with Gasteiger partial charge in [0.05, 0.1) is 6.54 Å². The Kier molecular flexibility index (Phi) is 3.86. The number of carbonyl (C=O) groups excluding carboxylic acids is 1. The van der Waals surface area contributed by atoms with Crippen LogP contribution in [0.15, 0.2) is 17.1 Å². The minimum atomic E-state index is -0.223. The van der Waals surface area contributed by atoms with E-state index in [1.807, 2.05) is 0 Å². The van der Waals surface area contributed by atoms with E-state index in [0.717, 1.165) is 12.3 Å². The van der Waals surface area contributed by atoms with E-state index in [4.69, 9.17) is 11.6 Å². The number of hydrogen-bond donors (Lipinski definition) is 2. The van der Waals surface area contributed by atoms with Gasteiger partial charge >= 0.3 is 0 Å². The Morgan fingerprint density at radius 3 is 3.00 bits per heavy atom. The number of rotatable bonds is 2. The van der Waals surface area contributed by atoms with Crippen molar-refractivity contribution < 1.29 is 4.79 Å². The highest BCUT2D eigenvalue weighted by Gasteiger charge is 2.13. The van der Waals surface area contributed by atoms with Crippen molar-refractivity contribution in [3.8, 4) is 0 Å². The predicted octanol–water partition coefficient (Wildman–Crippen LogP) is 1.61. The lowest BCUT2D eigenvalue weighted by Crippen LogP contribution is -2.27. The van der Waals surface area contributed by atoms with Crippen LogP contribution >= 0.6 is 23.4 Å². The van der Waals surface area contributed by atoms with Gasteiger partial charge < -0.3 is 10.6 Å². The molecule has 5 nitrogen and oxygen atoms in total. The highest BCUT2D eigenvalue weighted by atomic mass is 35.5. The molecule has 0 saturated heterocycles. The number of carbonyl (C=O) groups is 1. The number of halogens is 1. The molecule has 0 unspecified atom stereocenters. The van der Waals surface area contributed by atoms with Gasteiger partial charge in [0.15, 0.2) is 5.17 Å². The number of nitrogens with one attached hydrogen (secondary N) is 2. The summed E-state index contributed by atoms with van der Waals surface area (Å²) in [7, 11) is 1.72. The first-order valence-electron chi connectivity index (χ1n) is 5.03. The molecule has 1 aliphatic rings. The number of amides is 1. The third-order valence-electron chi connectivity index (χ3n) is 2.12. The first kappa shape index (κ1) is 12.2. The minimum absolute atomic E-state index is 0.223. The topological polar surface area (TPSA) is 66.4 Å². The molecule has 1 amide bonds. The van der Waals surface area contributed by atoms with Crippen LogP contribution in [0.2, 0.25) is 5.15 Å². The normalized spacial score (nSPS) is 14.4. The lowest BCUT2D eigenvalue weighted by molar-refractivity contribution is 0.0978. The molecule has 0 saturated carbocycles. The Morgan fingerprint density at radius 1 is 1.53 bits per heavy atom. The summed E-state index contributed by atoms with van der Waals surface area (Å²) in [4.78, 5) is 20.1. The van der Waals surface area contributed by atoms with Gasteiger partial charge in [-0.2, -0.15) is 0 Å². The molecule has 1 aromatic heterocycles. The number of amidine groups is 1. The molecular formula is C10H11ClN4OS. The molecule has 0 aliphatic carbocycles. The molecule has 1 aliphatic heterocycles. The summed E-state index contributed by atoms with van der Waals surface area (Å²) in [6.45, 7) is 0.749. The summed E-state index contributed by atoms with van der Waals surface area (Å²) >= 11 is 7.36. The van der Waals surface area contributed by atoms with Crippen molar-refractivity contribution in [2.75, 3.05) is 24.7 Å². The molecule has 2 heterocycles. The number of thioether (sulfide) groups is 1. The van der Waals surface area contributed by atoms with E-state index in [0.29, 0.717) is 16.5 Å². The van der Waals surface area contributed by atoms with Gasteiger partial charge in [-0.1, -0.05) is 23.4 Å². The van der Waals surface area contributed by atoms with Gasteiger partial charge in [-0.15, -0.1) is 0 Å². The average molecular weight is 271 g/mol. The van der Waals surface area contributed by atoms with E-state index in [1.54, 1.807) is 13.1 Å². The van der Waals surface area contributed by atoms with Crippen LogP contribution < -0.4 is 10.6 Å².